The molecule has 0 radical (unpaired) electrons. The number of nitrogens with zero attached hydrogens (tertiary/aromatic N) is 1. The first-order valence-electron chi connectivity index (χ1n) is 6.45. The lowest BCUT2D eigenvalue weighted by Crippen LogP contribution is -2.30. The van der Waals surface area contributed by atoms with E-state index in [9.17, 15) is 13.7 Å². The molecule has 0 N–H and O–H groups in total. The third-order valence-corrected chi connectivity index (χ3v) is 6.76. The number of hydrogen-bond donors (Lipinski definition) is 0. The second-order valence-corrected chi connectivity index (χ2v) is 7.82. The van der Waals surface area contributed by atoms with Crippen molar-refractivity contribution in [1.82, 2.24) is 0 Å². The molecular formula is C14H16BrNO2S. The lowest BCUT2D eigenvalue weighted by atomic mass is 9.87. The number of nitriles is 1. The Hall–Kier alpha value is -0.860. The van der Waals surface area contributed by atoms with Gasteiger partial charge in [0, 0.05) is 4.47 Å². The van der Waals surface area contributed by atoms with E-state index in [0.717, 1.165) is 32.1 Å². The SMILES string of the molecule is N#CC(C1CCCCC1)S(=O)(=O)c1ccccc1Br. The van der Waals surface area contributed by atoms with Gasteiger partial charge in [-0.15, -0.1) is 0 Å². The molecule has 0 amide bonds. The first kappa shape index (κ1) is 14.5. The lowest BCUT2D eigenvalue weighted by Gasteiger charge is -2.25. The first-order valence-corrected chi connectivity index (χ1v) is 8.79. The van der Waals surface area contributed by atoms with Crippen LogP contribution in [0.3, 0.4) is 0 Å². The molecule has 1 fully saturated rings. The van der Waals surface area contributed by atoms with Crippen LogP contribution in [0, 0.1) is 17.2 Å². The zero-order valence-electron chi connectivity index (χ0n) is 10.5. The molecular weight excluding hydrogens is 326 g/mol. The minimum atomic E-state index is -3.59. The largest absolute Gasteiger partial charge is 0.222 e. The van der Waals surface area contributed by atoms with E-state index in [-0.39, 0.29) is 10.8 Å². The molecule has 102 valence electrons. The van der Waals surface area contributed by atoms with Gasteiger partial charge in [0.15, 0.2) is 15.1 Å². The highest BCUT2D eigenvalue weighted by molar-refractivity contribution is 9.10. The number of sulfone groups is 1. The van der Waals surface area contributed by atoms with Crippen LogP contribution < -0.4 is 0 Å². The summed E-state index contributed by atoms with van der Waals surface area (Å²) in [4.78, 5) is 0.229. The van der Waals surface area contributed by atoms with E-state index in [4.69, 9.17) is 0 Å². The summed E-state index contributed by atoms with van der Waals surface area (Å²) in [6.45, 7) is 0. The van der Waals surface area contributed by atoms with Crippen LogP contribution in [0.15, 0.2) is 33.6 Å². The van der Waals surface area contributed by atoms with Crippen LogP contribution >= 0.6 is 15.9 Å². The van der Waals surface area contributed by atoms with Crippen LogP contribution in [0.4, 0.5) is 0 Å². The van der Waals surface area contributed by atoms with Crippen LogP contribution in [-0.2, 0) is 9.84 Å². The predicted molar refractivity (Wildman–Crippen MR) is 77.3 cm³/mol. The van der Waals surface area contributed by atoms with E-state index in [1.807, 2.05) is 6.07 Å². The normalized spacial score (nSPS) is 18.7. The maximum atomic E-state index is 12.6. The highest BCUT2D eigenvalue weighted by Gasteiger charge is 2.36. The zero-order valence-corrected chi connectivity index (χ0v) is 13.0. The van der Waals surface area contributed by atoms with Gasteiger partial charge in [-0.2, -0.15) is 5.26 Å². The Labute approximate surface area is 122 Å². The van der Waals surface area contributed by atoms with Crippen molar-refractivity contribution in [3.05, 3.63) is 28.7 Å². The van der Waals surface area contributed by atoms with Gasteiger partial charge >= 0.3 is 0 Å². The Morgan fingerprint density at radius 3 is 2.42 bits per heavy atom. The molecule has 1 atom stereocenters. The molecule has 0 aliphatic heterocycles. The minimum absolute atomic E-state index is 0.0316. The molecule has 0 spiro atoms. The number of rotatable bonds is 3. The van der Waals surface area contributed by atoms with Gasteiger partial charge in [-0.3, -0.25) is 0 Å². The van der Waals surface area contributed by atoms with Crippen molar-refractivity contribution in [2.75, 3.05) is 0 Å². The summed E-state index contributed by atoms with van der Waals surface area (Å²) in [6.07, 6.45) is 4.86. The molecule has 1 aromatic rings. The van der Waals surface area contributed by atoms with Crippen LogP contribution in [0.5, 0.6) is 0 Å². The Balaban J connectivity index is 2.37. The Kier molecular flexibility index (Phi) is 4.64. The van der Waals surface area contributed by atoms with Gasteiger partial charge in [0.25, 0.3) is 0 Å². The summed E-state index contributed by atoms with van der Waals surface area (Å²) in [6, 6.07) is 8.74. The first-order chi connectivity index (χ1) is 9.07. The van der Waals surface area contributed by atoms with Gasteiger partial charge in [-0.25, -0.2) is 8.42 Å². The van der Waals surface area contributed by atoms with Crippen LogP contribution in [0.1, 0.15) is 32.1 Å². The van der Waals surface area contributed by atoms with E-state index >= 15 is 0 Å². The lowest BCUT2D eigenvalue weighted by molar-refractivity contribution is 0.362. The highest BCUT2D eigenvalue weighted by Crippen LogP contribution is 2.34. The third kappa shape index (κ3) is 3.01. The van der Waals surface area contributed by atoms with E-state index in [0.29, 0.717) is 4.47 Å². The number of benzene rings is 1. The van der Waals surface area contributed by atoms with Gasteiger partial charge in [-0.1, -0.05) is 31.4 Å². The standard InChI is InChI=1S/C14H16BrNO2S/c15-12-8-4-5-9-13(12)19(17,18)14(10-16)11-6-2-1-3-7-11/h4-5,8-9,11,14H,1-3,6-7H2. The molecule has 1 aliphatic rings. The summed E-state index contributed by atoms with van der Waals surface area (Å²) >= 11 is 3.27. The molecule has 0 aromatic heterocycles. The molecule has 3 nitrogen and oxygen atoms in total. The highest BCUT2D eigenvalue weighted by atomic mass is 79.9. The fourth-order valence-corrected chi connectivity index (χ4v) is 5.44. The van der Waals surface area contributed by atoms with Crippen molar-refractivity contribution in [3.63, 3.8) is 0 Å². The molecule has 1 unspecified atom stereocenters. The fraction of sp³-hybridized carbons (Fsp3) is 0.500. The molecule has 1 saturated carbocycles. The summed E-state index contributed by atoms with van der Waals surface area (Å²) in [7, 11) is -3.59. The summed E-state index contributed by atoms with van der Waals surface area (Å²) in [5.41, 5.74) is 0. The summed E-state index contributed by atoms with van der Waals surface area (Å²) in [5.74, 6) is -0.0316. The van der Waals surface area contributed by atoms with E-state index in [1.165, 1.54) is 0 Å². The van der Waals surface area contributed by atoms with E-state index in [1.54, 1.807) is 24.3 Å². The van der Waals surface area contributed by atoms with Crippen molar-refractivity contribution < 1.29 is 8.42 Å². The van der Waals surface area contributed by atoms with Gasteiger partial charge in [0.2, 0.25) is 0 Å². The van der Waals surface area contributed by atoms with Gasteiger partial charge in [-0.05, 0) is 46.8 Å². The molecule has 0 heterocycles. The molecule has 19 heavy (non-hydrogen) atoms. The molecule has 1 aromatic carbocycles. The maximum Gasteiger partial charge on any atom is 0.195 e. The Morgan fingerprint density at radius 2 is 1.84 bits per heavy atom. The quantitative estimate of drug-likeness (QED) is 0.842. The van der Waals surface area contributed by atoms with Crippen molar-refractivity contribution >= 4 is 25.8 Å². The summed E-state index contributed by atoms with van der Waals surface area (Å²) < 4.78 is 25.8. The van der Waals surface area contributed by atoms with Crippen molar-refractivity contribution in [3.8, 4) is 6.07 Å². The molecule has 2 rings (SSSR count). The molecule has 1 aliphatic carbocycles. The third-order valence-electron chi connectivity index (χ3n) is 3.68. The second kappa shape index (κ2) is 6.06. The Morgan fingerprint density at radius 1 is 1.21 bits per heavy atom. The van der Waals surface area contributed by atoms with Gasteiger partial charge in [0.05, 0.1) is 11.0 Å². The number of halogens is 1. The Bertz CT molecular complexity index is 586. The topological polar surface area (TPSA) is 57.9 Å². The van der Waals surface area contributed by atoms with Crippen molar-refractivity contribution in [2.45, 2.75) is 42.2 Å². The van der Waals surface area contributed by atoms with Crippen molar-refractivity contribution in [2.24, 2.45) is 5.92 Å². The molecule has 5 heteroatoms. The van der Waals surface area contributed by atoms with E-state index < -0.39 is 15.1 Å². The second-order valence-electron chi connectivity index (χ2n) is 4.92. The summed E-state index contributed by atoms with van der Waals surface area (Å²) in [5, 5.41) is 8.40. The maximum absolute atomic E-state index is 12.6. The van der Waals surface area contributed by atoms with Crippen LogP contribution in [0.25, 0.3) is 0 Å². The predicted octanol–water partition coefficient (Wildman–Crippen LogP) is 3.70. The zero-order chi connectivity index (χ0) is 13.9. The average molecular weight is 342 g/mol. The molecule has 0 bridgehead atoms. The smallest absolute Gasteiger partial charge is 0.195 e. The van der Waals surface area contributed by atoms with Gasteiger partial charge < -0.3 is 0 Å². The average Bonchev–Trinajstić information content (AvgIpc) is 2.40. The van der Waals surface area contributed by atoms with Gasteiger partial charge in [0.1, 0.15) is 0 Å². The van der Waals surface area contributed by atoms with Crippen molar-refractivity contribution in [1.29, 1.82) is 5.26 Å². The minimum Gasteiger partial charge on any atom is -0.222 e. The van der Waals surface area contributed by atoms with E-state index in [2.05, 4.69) is 15.9 Å². The molecule has 0 saturated heterocycles. The number of hydrogen-bond acceptors (Lipinski definition) is 3. The van der Waals surface area contributed by atoms with Crippen LogP contribution in [-0.4, -0.2) is 13.7 Å². The monoisotopic (exact) mass is 341 g/mol. The van der Waals surface area contributed by atoms with Crippen LogP contribution in [0.2, 0.25) is 0 Å². The fourth-order valence-electron chi connectivity index (χ4n) is 2.68.